The van der Waals surface area contributed by atoms with Crippen molar-refractivity contribution in [2.24, 2.45) is 0 Å². The zero-order valence-corrected chi connectivity index (χ0v) is 23.4. The molecule has 220 valence electrons. The number of carboxylic acid groups (broad SMARTS) is 1. The number of benzene rings is 2. The lowest BCUT2D eigenvalue weighted by Gasteiger charge is -2.30. The summed E-state index contributed by atoms with van der Waals surface area (Å²) in [7, 11) is -0.129. The van der Waals surface area contributed by atoms with Gasteiger partial charge in [0.25, 0.3) is 0 Å². The zero-order chi connectivity index (χ0) is 29.9. The van der Waals surface area contributed by atoms with E-state index in [-0.39, 0.29) is 36.7 Å². The Balaban J connectivity index is 1.75. The maximum atomic E-state index is 15.3. The van der Waals surface area contributed by atoms with Crippen LogP contribution < -0.4 is 18.7 Å². The predicted molar refractivity (Wildman–Crippen MR) is 145 cm³/mol. The van der Waals surface area contributed by atoms with Crippen LogP contribution >= 0.6 is 0 Å². The number of nitrogens with zero attached hydrogens (tertiary/aromatic N) is 4. The molecule has 1 N–H and O–H groups in total. The Bertz CT molecular complexity index is 1540. The van der Waals surface area contributed by atoms with Gasteiger partial charge in [-0.15, -0.1) is 0 Å². The second-order valence-electron chi connectivity index (χ2n) is 9.43. The van der Waals surface area contributed by atoms with Gasteiger partial charge in [0.2, 0.25) is 16.0 Å². The first-order chi connectivity index (χ1) is 19.4. The molecule has 1 aromatic heterocycles. The lowest BCUT2D eigenvalue weighted by Crippen LogP contribution is -2.37. The van der Waals surface area contributed by atoms with Gasteiger partial charge in [-0.25, -0.2) is 31.3 Å². The number of hydrogen-bond donors (Lipinski definition) is 1. The molecular weight excluding hydrogens is 565 g/mol. The molecule has 3 aromatic rings. The normalized spacial score (nSPS) is 15.1. The quantitative estimate of drug-likeness (QED) is 0.347. The SMILES string of the molecule is COc1ccc(CN(c2cccc(F)n2)S(=O)(=O)Cc2c(F)cc(F)cc2N(C)[C@H]2CCN(C(=O)O)C2)c(OC)c1. The van der Waals surface area contributed by atoms with Crippen LogP contribution in [0.2, 0.25) is 0 Å². The van der Waals surface area contributed by atoms with Crippen LogP contribution in [0.4, 0.5) is 29.5 Å². The fraction of sp³-hybridized carbons (Fsp3) is 0.333. The molecule has 4 rings (SSSR count). The van der Waals surface area contributed by atoms with Crippen molar-refractivity contribution in [3.8, 4) is 11.5 Å². The second kappa shape index (κ2) is 12.1. The average Bonchev–Trinajstić information content (AvgIpc) is 3.43. The van der Waals surface area contributed by atoms with E-state index in [1.165, 1.54) is 43.2 Å². The van der Waals surface area contributed by atoms with Crippen molar-refractivity contribution in [1.82, 2.24) is 9.88 Å². The third kappa shape index (κ3) is 6.59. The smallest absolute Gasteiger partial charge is 0.407 e. The van der Waals surface area contributed by atoms with Crippen molar-refractivity contribution in [3.05, 3.63) is 77.2 Å². The highest BCUT2D eigenvalue weighted by Crippen LogP contribution is 2.33. The first-order valence-corrected chi connectivity index (χ1v) is 14.1. The fourth-order valence-corrected chi connectivity index (χ4v) is 6.26. The van der Waals surface area contributed by atoms with Crippen LogP contribution in [0.25, 0.3) is 0 Å². The number of rotatable bonds is 10. The Hall–Kier alpha value is -4.20. The number of likely N-dealkylation sites (tertiary alicyclic amines) is 1. The Morgan fingerprint density at radius 2 is 1.88 bits per heavy atom. The van der Waals surface area contributed by atoms with Crippen molar-refractivity contribution in [1.29, 1.82) is 0 Å². The molecule has 0 bridgehead atoms. The van der Waals surface area contributed by atoms with E-state index in [4.69, 9.17) is 9.47 Å². The maximum Gasteiger partial charge on any atom is 0.407 e. The van der Waals surface area contributed by atoms with E-state index in [1.807, 2.05) is 0 Å². The van der Waals surface area contributed by atoms with E-state index in [0.717, 1.165) is 16.4 Å². The summed E-state index contributed by atoms with van der Waals surface area (Å²) in [4.78, 5) is 17.8. The monoisotopic (exact) mass is 594 g/mol. The van der Waals surface area contributed by atoms with Gasteiger partial charge in [-0.3, -0.25) is 0 Å². The summed E-state index contributed by atoms with van der Waals surface area (Å²) in [6.45, 7) is -0.0542. The molecule has 2 heterocycles. The number of aromatic nitrogens is 1. The van der Waals surface area contributed by atoms with Gasteiger partial charge < -0.3 is 24.4 Å². The number of likely N-dealkylation sites (N-methyl/N-ethyl adjacent to an activating group) is 1. The molecule has 2 aromatic carbocycles. The molecule has 14 heteroatoms. The molecule has 0 saturated carbocycles. The predicted octanol–water partition coefficient (Wildman–Crippen LogP) is 4.24. The number of amides is 1. The number of methoxy groups -OCH3 is 2. The second-order valence-corrected chi connectivity index (χ2v) is 11.3. The van der Waals surface area contributed by atoms with Crippen molar-refractivity contribution in [3.63, 3.8) is 0 Å². The lowest BCUT2D eigenvalue weighted by molar-refractivity contribution is 0.155. The van der Waals surface area contributed by atoms with Crippen molar-refractivity contribution >= 4 is 27.6 Å². The molecule has 0 unspecified atom stereocenters. The Kier molecular flexibility index (Phi) is 8.80. The van der Waals surface area contributed by atoms with E-state index in [0.29, 0.717) is 29.5 Å². The third-order valence-corrected chi connectivity index (χ3v) is 8.57. The molecule has 1 fully saturated rings. The van der Waals surface area contributed by atoms with E-state index < -0.39 is 45.5 Å². The minimum atomic E-state index is -4.50. The molecule has 1 saturated heterocycles. The van der Waals surface area contributed by atoms with Crippen LogP contribution in [0.15, 0.2) is 48.5 Å². The summed E-state index contributed by atoms with van der Waals surface area (Å²) < 4.78 is 83.1. The van der Waals surface area contributed by atoms with Crippen LogP contribution in [0.1, 0.15) is 17.5 Å². The number of hydrogen-bond acceptors (Lipinski definition) is 7. The van der Waals surface area contributed by atoms with Crippen molar-refractivity contribution < 1.29 is 41.0 Å². The summed E-state index contributed by atoms with van der Waals surface area (Å²) in [5.41, 5.74) is 0.0165. The minimum Gasteiger partial charge on any atom is -0.497 e. The summed E-state index contributed by atoms with van der Waals surface area (Å²) >= 11 is 0. The number of halogens is 3. The van der Waals surface area contributed by atoms with Gasteiger partial charge in [0.05, 0.1) is 26.5 Å². The summed E-state index contributed by atoms with van der Waals surface area (Å²) in [6, 6.07) is 9.50. The summed E-state index contributed by atoms with van der Waals surface area (Å²) in [5.74, 6) is -3.39. The molecule has 41 heavy (non-hydrogen) atoms. The largest absolute Gasteiger partial charge is 0.497 e. The van der Waals surface area contributed by atoms with Gasteiger partial charge in [0.1, 0.15) is 29.0 Å². The molecule has 1 aliphatic heterocycles. The van der Waals surface area contributed by atoms with E-state index >= 15 is 4.39 Å². The van der Waals surface area contributed by atoms with Crippen molar-refractivity contribution in [2.75, 3.05) is 43.6 Å². The average molecular weight is 595 g/mol. The standard InChI is InChI=1S/C27H29F3N4O6S/c1-32(19-9-10-33(15-19)27(35)36)23-12-18(28)11-22(29)21(23)16-41(37,38)34(26-6-4-5-25(30)31-26)14-17-7-8-20(39-2)13-24(17)40-3/h4-8,11-13,19H,9-10,14-16H2,1-3H3,(H,35,36)/t19-/m0/s1. The Morgan fingerprint density at radius 1 is 1.12 bits per heavy atom. The van der Waals surface area contributed by atoms with Gasteiger partial charge in [-0.05, 0) is 36.8 Å². The van der Waals surface area contributed by atoms with Gasteiger partial charge in [-0.2, -0.15) is 4.39 Å². The third-order valence-electron chi connectivity index (χ3n) is 6.92. The Morgan fingerprint density at radius 3 is 2.51 bits per heavy atom. The minimum absolute atomic E-state index is 0.0440. The molecule has 0 aliphatic carbocycles. The number of ether oxygens (including phenoxy) is 2. The molecule has 10 nitrogen and oxygen atoms in total. The number of pyridine rings is 1. The maximum absolute atomic E-state index is 15.3. The van der Waals surface area contributed by atoms with Gasteiger partial charge in [-0.1, -0.05) is 6.07 Å². The first-order valence-electron chi connectivity index (χ1n) is 12.5. The first kappa shape index (κ1) is 29.8. The van der Waals surface area contributed by atoms with Crippen LogP contribution in [-0.2, 0) is 22.3 Å². The van der Waals surface area contributed by atoms with Crippen molar-refractivity contribution in [2.45, 2.75) is 24.8 Å². The number of anilines is 2. The van der Waals surface area contributed by atoms with Gasteiger partial charge in [0, 0.05) is 55.1 Å². The highest BCUT2D eigenvalue weighted by molar-refractivity contribution is 7.92. The number of carbonyl (C=O) groups is 1. The van der Waals surface area contributed by atoms with E-state index in [2.05, 4.69) is 4.98 Å². The van der Waals surface area contributed by atoms with Crippen LogP contribution in [0.5, 0.6) is 11.5 Å². The molecule has 1 amide bonds. The molecular formula is C27H29F3N4O6S. The molecule has 0 radical (unpaired) electrons. The van der Waals surface area contributed by atoms with Crippen LogP contribution in [0.3, 0.4) is 0 Å². The lowest BCUT2D eigenvalue weighted by atomic mass is 10.1. The van der Waals surface area contributed by atoms with E-state index in [9.17, 15) is 27.1 Å². The Labute approximate surface area is 235 Å². The topological polar surface area (TPSA) is 113 Å². The molecule has 1 atom stereocenters. The van der Waals surface area contributed by atoms with Gasteiger partial charge >= 0.3 is 6.09 Å². The fourth-order valence-electron chi connectivity index (χ4n) is 4.73. The summed E-state index contributed by atoms with van der Waals surface area (Å²) in [5, 5.41) is 9.31. The summed E-state index contributed by atoms with van der Waals surface area (Å²) in [6.07, 6.45) is -0.745. The van der Waals surface area contributed by atoms with Gasteiger partial charge in [0.15, 0.2) is 0 Å². The molecule has 0 spiro atoms. The number of sulfonamides is 1. The van der Waals surface area contributed by atoms with E-state index in [1.54, 1.807) is 18.2 Å². The highest BCUT2D eigenvalue weighted by atomic mass is 32.2. The van der Waals surface area contributed by atoms with Crippen LogP contribution in [0, 0.1) is 17.6 Å². The van der Waals surface area contributed by atoms with Crippen LogP contribution in [-0.4, -0.2) is 69.9 Å². The highest BCUT2D eigenvalue weighted by Gasteiger charge is 2.33. The molecule has 1 aliphatic rings. The zero-order valence-electron chi connectivity index (χ0n) is 22.6.